The number of nitrogens with one attached hydrogen (secondary N) is 2. The van der Waals surface area contributed by atoms with Crippen LogP contribution < -0.4 is 10.0 Å². The topological polar surface area (TPSA) is 61.4 Å². The van der Waals surface area contributed by atoms with Crippen LogP contribution in [-0.4, -0.2) is 44.9 Å². The van der Waals surface area contributed by atoms with Gasteiger partial charge in [0.1, 0.15) is 0 Å². The van der Waals surface area contributed by atoms with Crippen molar-refractivity contribution >= 4 is 22.6 Å². The van der Waals surface area contributed by atoms with E-state index in [4.69, 9.17) is 0 Å². The van der Waals surface area contributed by atoms with Gasteiger partial charge in [0.15, 0.2) is 0 Å². The number of piperidine rings is 1. The van der Waals surface area contributed by atoms with Crippen molar-refractivity contribution in [2.45, 2.75) is 39.3 Å². The van der Waals surface area contributed by atoms with Crippen LogP contribution >= 0.6 is 12.4 Å². The second-order valence-electron chi connectivity index (χ2n) is 4.81. The second-order valence-corrected chi connectivity index (χ2v) is 6.57. The smallest absolute Gasteiger partial charge is 0.279 e. The van der Waals surface area contributed by atoms with Crippen LogP contribution in [0, 0.1) is 5.92 Å². The van der Waals surface area contributed by atoms with Gasteiger partial charge < -0.3 is 5.32 Å². The molecule has 0 amide bonds. The van der Waals surface area contributed by atoms with E-state index < -0.39 is 10.2 Å². The van der Waals surface area contributed by atoms with Crippen molar-refractivity contribution in [2.75, 3.05) is 20.1 Å². The summed E-state index contributed by atoms with van der Waals surface area (Å²) in [7, 11) is -1.74. The highest BCUT2D eigenvalue weighted by molar-refractivity contribution is 7.87. The molecule has 1 heterocycles. The maximum Gasteiger partial charge on any atom is 0.279 e. The Bertz CT molecular complexity index is 322. The van der Waals surface area contributed by atoms with Crippen molar-refractivity contribution in [3.63, 3.8) is 0 Å². The Hall–Kier alpha value is 0.120. The summed E-state index contributed by atoms with van der Waals surface area (Å²) in [5, 5.41) is 3.21. The molecule has 1 fully saturated rings. The van der Waals surface area contributed by atoms with Gasteiger partial charge in [0, 0.05) is 25.7 Å². The Labute approximate surface area is 111 Å². The van der Waals surface area contributed by atoms with Crippen LogP contribution in [0.5, 0.6) is 0 Å². The van der Waals surface area contributed by atoms with Crippen molar-refractivity contribution in [1.82, 2.24) is 14.3 Å². The van der Waals surface area contributed by atoms with Crippen LogP contribution in [0.4, 0.5) is 0 Å². The normalized spacial score (nSPS) is 26.0. The zero-order chi connectivity index (χ0) is 12.3. The molecule has 5 nitrogen and oxygen atoms in total. The van der Waals surface area contributed by atoms with Gasteiger partial charge in [-0.1, -0.05) is 6.92 Å². The fourth-order valence-corrected chi connectivity index (χ4v) is 3.12. The molecule has 1 aliphatic heterocycles. The zero-order valence-electron chi connectivity index (χ0n) is 10.9. The predicted molar refractivity (Wildman–Crippen MR) is 72.6 cm³/mol. The summed E-state index contributed by atoms with van der Waals surface area (Å²) in [6, 6.07) is -0.0238. The molecule has 0 aromatic heterocycles. The number of nitrogens with zero attached hydrogens (tertiary/aromatic N) is 1. The van der Waals surface area contributed by atoms with Gasteiger partial charge in [-0.05, 0) is 32.7 Å². The molecule has 0 spiro atoms. The Kier molecular flexibility index (Phi) is 6.94. The Morgan fingerprint density at radius 3 is 2.47 bits per heavy atom. The fourth-order valence-electron chi connectivity index (χ4n) is 1.70. The van der Waals surface area contributed by atoms with Crippen molar-refractivity contribution < 1.29 is 8.42 Å². The van der Waals surface area contributed by atoms with Crippen LogP contribution in [0.25, 0.3) is 0 Å². The van der Waals surface area contributed by atoms with Gasteiger partial charge >= 0.3 is 0 Å². The maximum atomic E-state index is 12.0. The van der Waals surface area contributed by atoms with Crippen LogP contribution in [-0.2, 0) is 10.2 Å². The lowest BCUT2D eigenvalue weighted by Gasteiger charge is -2.32. The second kappa shape index (κ2) is 6.89. The van der Waals surface area contributed by atoms with Crippen LogP contribution in [0.15, 0.2) is 0 Å². The van der Waals surface area contributed by atoms with Crippen LogP contribution in [0.1, 0.15) is 27.2 Å². The average Bonchev–Trinajstić information content (AvgIpc) is 2.20. The summed E-state index contributed by atoms with van der Waals surface area (Å²) in [6.07, 6.45) is 1.01. The Morgan fingerprint density at radius 1 is 1.41 bits per heavy atom. The molecule has 0 saturated carbocycles. The quantitative estimate of drug-likeness (QED) is 0.794. The molecule has 2 unspecified atom stereocenters. The monoisotopic (exact) mass is 285 g/mol. The number of hydrogen-bond acceptors (Lipinski definition) is 3. The van der Waals surface area contributed by atoms with Crippen molar-refractivity contribution in [1.29, 1.82) is 0 Å². The summed E-state index contributed by atoms with van der Waals surface area (Å²) < 4.78 is 28.1. The molecule has 0 aliphatic carbocycles. The first-order valence-electron chi connectivity index (χ1n) is 5.80. The molecule has 0 radical (unpaired) electrons. The third-order valence-corrected chi connectivity index (χ3v) is 5.01. The lowest BCUT2D eigenvalue weighted by atomic mass is 9.96. The molecular weight excluding hydrogens is 262 g/mol. The molecule has 2 N–H and O–H groups in total. The van der Waals surface area contributed by atoms with Crippen LogP contribution in [0.3, 0.4) is 0 Å². The molecule has 7 heteroatoms. The first kappa shape index (κ1) is 17.1. The van der Waals surface area contributed by atoms with E-state index >= 15 is 0 Å². The minimum absolute atomic E-state index is 0. The minimum atomic E-state index is -3.35. The van der Waals surface area contributed by atoms with Gasteiger partial charge in [-0.25, -0.2) is 0 Å². The van der Waals surface area contributed by atoms with E-state index in [1.807, 2.05) is 13.8 Å². The van der Waals surface area contributed by atoms with E-state index in [1.165, 1.54) is 4.31 Å². The number of rotatable bonds is 4. The summed E-state index contributed by atoms with van der Waals surface area (Å²) in [6.45, 7) is 7.50. The molecule has 0 bridgehead atoms. The van der Waals surface area contributed by atoms with Gasteiger partial charge in [-0.2, -0.15) is 17.4 Å². The third-order valence-electron chi connectivity index (χ3n) is 3.23. The molecular formula is C10H24ClN3O2S. The third kappa shape index (κ3) is 4.71. The zero-order valence-corrected chi connectivity index (χ0v) is 12.6. The van der Waals surface area contributed by atoms with E-state index in [0.29, 0.717) is 12.5 Å². The van der Waals surface area contributed by atoms with Gasteiger partial charge in [-0.3, -0.25) is 0 Å². The highest BCUT2D eigenvalue weighted by Crippen LogP contribution is 2.13. The fraction of sp³-hybridized carbons (Fsp3) is 1.00. The number of hydrogen-bond donors (Lipinski definition) is 2. The SMILES string of the molecule is CC1CCNCC1NS(=O)(=O)N(C)C(C)C.Cl. The van der Waals surface area contributed by atoms with Gasteiger partial charge in [0.25, 0.3) is 10.2 Å². The Morgan fingerprint density at radius 2 is 2.00 bits per heavy atom. The lowest BCUT2D eigenvalue weighted by Crippen LogP contribution is -2.54. The highest BCUT2D eigenvalue weighted by atomic mass is 35.5. The largest absolute Gasteiger partial charge is 0.315 e. The van der Waals surface area contributed by atoms with Gasteiger partial charge in [0.2, 0.25) is 0 Å². The minimum Gasteiger partial charge on any atom is -0.315 e. The molecule has 1 saturated heterocycles. The van der Waals surface area contributed by atoms with E-state index in [0.717, 1.165) is 13.0 Å². The Balaban J connectivity index is 0.00000256. The predicted octanol–water partition coefficient (Wildman–Crippen LogP) is 0.581. The van der Waals surface area contributed by atoms with Gasteiger partial charge in [-0.15, -0.1) is 12.4 Å². The molecule has 0 aromatic carbocycles. The molecule has 17 heavy (non-hydrogen) atoms. The van der Waals surface area contributed by atoms with E-state index in [9.17, 15) is 8.42 Å². The molecule has 104 valence electrons. The summed E-state index contributed by atoms with van der Waals surface area (Å²) in [5.41, 5.74) is 0. The molecule has 2 atom stereocenters. The first-order valence-corrected chi connectivity index (χ1v) is 7.24. The first-order chi connectivity index (χ1) is 7.34. The molecule has 0 aromatic rings. The standard InChI is InChI=1S/C10H23N3O2S.ClH/c1-8(2)13(4)16(14,15)12-10-7-11-6-5-9(10)3;/h8-12H,5-7H2,1-4H3;1H. The van der Waals surface area contributed by atoms with Crippen molar-refractivity contribution in [3.05, 3.63) is 0 Å². The average molecular weight is 286 g/mol. The summed E-state index contributed by atoms with van der Waals surface area (Å²) in [5.74, 6) is 0.386. The van der Waals surface area contributed by atoms with Crippen molar-refractivity contribution in [3.8, 4) is 0 Å². The highest BCUT2D eigenvalue weighted by Gasteiger charge is 2.28. The molecule has 1 rings (SSSR count). The van der Waals surface area contributed by atoms with Crippen molar-refractivity contribution in [2.24, 2.45) is 5.92 Å². The molecule has 1 aliphatic rings. The summed E-state index contributed by atoms with van der Waals surface area (Å²) >= 11 is 0. The van der Waals surface area contributed by atoms with E-state index in [2.05, 4.69) is 17.0 Å². The summed E-state index contributed by atoms with van der Waals surface area (Å²) in [4.78, 5) is 0. The van der Waals surface area contributed by atoms with Crippen LogP contribution in [0.2, 0.25) is 0 Å². The van der Waals surface area contributed by atoms with Gasteiger partial charge in [0.05, 0.1) is 0 Å². The lowest BCUT2D eigenvalue weighted by molar-refractivity contribution is 0.315. The number of halogens is 1. The van der Waals surface area contributed by atoms with E-state index in [-0.39, 0.29) is 24.5 Å². The van der Waals surface area contributed by atoms with E-state index in [1.54, 1.807) is 7.05 Å². The maximum absolute atomic E-state index is 12.0.